The maximum absolute atomic E-state index is 12.0. The summed E-state index contributed by atoms with van der Waals surface area (Å²) in [7, 11) is 3.22. The molecule has 0 spiro atoms. The number of amides is 2. The minimum atomic E-state index is -0.207. The van der Waals surface area contributed by atoms with Crippen molar-refractivity contribution >= 4 is 17.5 Å². The zero-order valence-electron chi connectivity index (χ0n) is 13.7. The number of methoxy groups -OCH3 is 1. The van der Waals surface area contributed by atoms with Crippen LogP contribution in [0.25, 0.3) is 0 Å². The highest BCUT2D eigenvalue weighted by molar-refractivity contribution is 5.95. The first kappa shape index (κ1) is 18.1. The van der Waals surface area contributed by atoms with Crippen LogP contribution in [0.4, 0.5) is 5.69 Å². The summed E-state index contributed by atoms with van der Waals surface area (Å²) >= 11 is 0. The number of nitrogens with zero attached hydrogens (tertiary/aromatic N) is 1. The first-order valence-electron chi connectivity index (χ1n) is 7.25. The van der Waals surface area contributed by atoms with E-state index in [0.29, 0.717) is 13.2 Å². The van der Waals surface area contributed by atoms with Gasteiger partial charge in [-0.15, -0.1) is 0 Å². The summed E-state index contributed by atoms with van der Waals surface area (Å²) in [4.78, 5) is 25.3. The van der Waals surface area contributed by atoms with E-state index in [9.17, 15) is 9.59 Å². The van der Waals surface area contributed by atoms with E-state index in [1.54, 1.807) is 14.2 Å². The topological polar surface area (TPSA) is 70.7 Å². The van der Waals surface area contributed by atoms with E-state index >= 15 is 0 Å². The summed E-state index contributed by atoms with van der Waals surface area (Å²) in [6.07, 6.45) is 0. The SMILES string of the molecule is COCCNCC(=O)N(C)CC(=O)Nc1cccc(C)c1C. The number of benzene rings is 1. The van der Waals surface area contributed by atoms with Crippen LogP contribution in [0.3, 0.4) is 0 Å². The van der Waals surface area contributed by atoms with Crippen LogP contribution in [0.15, 0.2) is 18.2 Å². The molecule has 22 heavy (non-hydrogen) atoms. The molecule has 0 aliphatic heterocycles. The lowest BCUT2D eigenvalue weighted by molar-refractivity contribution is -0.132. The van der Waals surface area contributed by atoms with Gasteiger partial charge in [-0.1, -0.05) is 12.1 Å². The number of hydrogen-bond acceptors (Lipinski definition) is 4. The van der Waals surface area contributed by atoms with Crippen LogP contribution in [-0.2, 0) is 14.3 Å². The average molecular weight is 307 g/mol. The molecular weight excluding hydrogens is 282 g/mol. The Morgan fingerprint density at radius 1 is 1.27 bits per heavy atom. The molecule has 6 nitrogen and oxygen atoms in total. The third-order valence-electron chi connectivity index (χ3n) is 3.44. The summed E-state index contributed by atoms with van der Waals surface area (Å²) in [5, 5.41) is 5.80. The number of carbonyl (C=O) groups excluding carboxylic acids is 2. The van der Waals surface area contributed by atoms with Crippen molar-refractivity contribution in [2.24, 2.45) is 0 Å². The van der Waals surface area contributed by atoms with Crippen LogP contribution in [0, 0.1) is 13.8 Å². The van der Waals surface area contributed by atoms with E-state index in [2.05, 4.69) is 10.6 Å². The molecule has 2 amide bonds. The zero-order chi connectivity index (χ0) is 16.5. The van der Waals surface area contributed by atoms with Gasteiger partial charge in [-0.3, -0.25) is 9.59 Å². The van der Waals surface area contributed by atoms with Gasteiger partial charge in [0.2, 0.25) is 11.8 Å². The summed E-state index contributed by atoms with van der Waals surface area (Å²) in [6.45, 7) is 5.32. The first-order valence-corrected chi connectivity index (χ1v) is 7.25. The lowest BCUT2D eigenvalue weighted by Gasteiger charge is -2.18. The van der Waals surface area contributed by atoms with Crippen molar-refractivity contribution < 1.29 is 14.3 Å². The number of likely N-dealkylation sites (N-methyl/N-ethyl adjacent to an activating group) is 1. The van der Waals surface area contributed by atoms with E-state index in [-0.39, 0.29) is 24.9 Å². The molecule has 122 valence electrons. The molecule has 6 heteroatoms. The smallest absolute Gasteiger partial charge is 0.243 e. The van der Waals surface area contributed by atoms with Gasteiger partial charge in [0.15, 0.2) is 0 Å². The fourth-order valence-corrected chi connectivity index (χ4v) is 1.88. The standard InChI is InChI=1S/C16H25N3O3/c1-12-6-5-7-14(13(12)2)18-15(20)11-19(3)16(21)10-17-8-9-22-4/h5-7,17H,8-11H2,1-4H3,(H,18,20). The minimum absolute atomic E-state index is 0.0260. The Labute approximate surface area is 131 Å². The van der Waals surface area contributed by atoms with Gasteiger partial charge >= 0.3 is 0 Å². The molecule has 0 radical (unpaired) electrons. The van der Waals surface area contributed by atoms with Gasteiger partial charge in [0, 0.05) is 26.4 Å². The molecular formula is C16H25N3O3. The van der Waals surface area contributed by atoms with Gasteiger partial charge in [0.1, 0.15) is 0 Å². The Hall–Kier alpha value is -1.92. The monoisotopic (exact) mass is 307 g/mol. The summed E-state index contributed by atoms with van der Waals surface area (Å²) in [6, 6.07) is 5.74. The molecule has 0 aliphatic carbocycles. The minimum Gasteiger partial charge on any atom is -0.383 e. The highest BCUT2D eigenvalue weighted by Gasteiger charge is 2.13. The van der Waals surface area contributed by atoms with Crippen LogP contribution in [-0.4, -0.2) is 57.1 Å². The highest BCUT2D eigenvalue weighted by Crippen LogP contribution is 2.17. The lowest BCUT2D eigenvalue weighted by atomic mass is 10.1. The Kier molecular flexibility index (Phi) is 7.56. The van der Waals surface area contributed by atoms with Crippen molar-refractivity contribution in [3.05, 3.63) is 29.3 Å². The van der Waals surface area contributed by atoms with E-state index in [0.717, 1.165) is 16.8 Å². The van der Waals surface area contributed by atoms with Crippen LogP contribution in [0.1, 0.15) is 11.1 Å². The number of ether oxygens (including phenoxy) is 1. The molecule has 0 unspecified atom stereocenters. The summed E-state index contributed by atoms with van der Waals surface area (Å²) in [5.74, 6) is -0.339. The number of nitrogens with one attached hydrogen (secondary N) is 2. The predicted octanol–water partition coefficient (Wildman–Crippen LogP) is 0.936. The molecule has 0 atom stereocenters. The van der Waals surface area contributed by atoms with Crippen LogP contribution in [0.2, 0.25) is 0 Å². The van der Waals surface area contributed by atoms with E-state index in [4.69, 9.17) is 4.74 Å². The maximum Gasteiger partial charge on any atom is 0.243 e. The van der Waals surface area contributed by atoms with Crippen molar-refractivity contribution in [3.8, 4) is 0 Å². The molecule has 0 bridgehead atoms. The van der Waals surface area contributed by atoms with E-state index in [1.807, 2.05) is 32.0 Å². The second kappa shape index (κ2) is 9.17. The number of anilines is 1. The Bertz CT molecular complexity index is 517. The van der Waals surface area contributed by atoms with Crippen LogP contribution >= 0.6 is 0 Å². The highest BCUT2D eigenvalue weighted by atomic mass is 16.5. The Balaban J connectivity index is 2.43. The van der Waals surface area contributed by atoms with Gasteiger partial charge in [0.05, 0.1) is 19.7 Å². The Morgan fingerprint density at radius 2 is 2.00 bits per heavy atom. The lowest BCUT2D eigenvalue weighted by Crippen LogP contribution is -2.40. The fourth-order valence-electron chi connectivity index (χ4n) is 1.88. The van der Waals surface area contributed by atoms with Crippen LogP contribution in [0.5, 0.6) is 0 Å². The molecule has 0 saturated heterocycles. The molecule has 0 saturated carbocycles. The third-order valence-corrected chi connectivity index (χ3v) is 3.44. The predicted molar refractivity (Wildman–Crippen MR) is 86.9 cm³/mol. The first-order chi connectivity index (χ1) is 10.5. The number of aryl methyl sites for hydroxylation is 1. The Morgan fingerprint density at radius 3 is 2.68 bits per heavy atom. The normalized spacial score (nSPS) is 10.4. The molecule has 0 aliphatic rings. The second-order valence-corrected chi connectivity index (χ2v) is 5.22. The molecule has 1 aromatic rings. The summed E-state index contributed by atoms with van der Waals surface area (Å²) < 4.78 is 4.88. The largest absolute Gasteiger partial charge is 0.383 e. The van der Waals surface area contributed by atoms with Gasteiger partial charge in [-0.05, 0) is 31.0 Å². The van der Waals surface area contributed by atoms with Crippen molar-refractivity contribution in [2.75, 3.05) is 45.7 Å². The quantitative estimate of drug-likeness (QED) is 0.701. The average Bonchev–Trinajstić information content (AvgIpc) is 2.48. The number of rotatable bonds is 8. The molecule has 2 N–H and O–H groups in total. The molecule has 0 aromatic heterocycles. The molecule has 1 aromatic carbocycles. The van der Waals surface area contributed by atoms with Gasteiger partial charge in [-0.25, -0.2) is 0 Å². The third kappa shape index (κ3) is 5.83. The fraction of sp³-hybridized carbons (Fsp3) is 0.500. The van der Waals surface area contributed by atoms with Gasteiger partial charge in [-0.2, -0.15) is 0 Å². The van der Waals surface area contributed by atoms with Crippen LogP contribution < -0.4 is 10.6 Å². The molecule has 0 fully saturated rings. The van der Waals surface area contributed by atoms with E-state index < -0.39 is 0 Å². The van der Waals surface area contributed by atoms with Gasteiger partial charge in [0.25, 0.3) is 0 Å². The van der Waals surface area contributed by atoms with Crippen molar-refractivity contribution in [1.82, 2.24) is 10.2 Å². The number of carbonyl (C=O) groups is 2. The van der Waals surface area contributed by atoms with Crippen molar-refractivity contribution in [3.63, 3.8) is 0 Å². The van der Waals surface area contributed by atoms with Crippen molar-refractivity contribution in [1.29, 1.82) is 0 Å². The second-order valence-electron chi connectivity index (χ2n) is 5.22. The molecule has 0 heterocycles. The van der Waals surface area contributed by atoms with Gasteiger partial charge < -0.3 is 20.3 Å². The summed E-state index contributed by atoms with van der Waals surface area (Å²) in [5.41, 5.74) is 2.93. The number of hydrogen-bond donors (Lipinski definition) is 2. The maximum atomic E-state index is 12.0. The van der Waals surface area contributed by atoms with Crippen molar-refractivity contribution in [2.45, 2.75) is 13.8 Å². The van der Waals surface area contributed by atoms with E-state index in [1.165, 1.54) is 4.90 Å². The molecule has 1 rings (SSSR count). The zero-order valence-corrected chi connectivity index (χ0v) is 13.7.